The molecule has 2 atom stereocenters. The van der Waals surface area contributed by atoms with E-state index in [4.69, 9.17) is 27.9 Å². The average molecular weight is 537 g/mol. The number of carbonyl (C=O) groups is 3. The van der Waals surface area contributed by atoms with Crippen LogP contribution in [0.25, 0.3) is 0 Å². The molecule has 0 saturated heterocycles. The van der Waals surface area contributed by atoms with E-state index >= 15 is 0 Å². The summed E-state index contributed by atoms with van der Waals surface area (Å²) in [6, 6.07) is 22.8. The number of carbonyl (C=O) groups excluding carboxylic acids is 3. The van der Waals surface area contributed by atoms with Crippen molar-refractivity contribution in [2.24, 2.45) is 0 Å². The molecule has 0 aromatic heterocycles. The molecule has 0 radical (unpaired) electrons. The Labute approximate surface area is 225 Å². The molecule has 6 nitrogen and oxygen atoms in total. The van der Waals surface area contributed by atoms with E-state index in [9.17, 15) is 14.4 Å². The van der Waals surface area contributed by atoms with Gasteiger partial charge in [0.05, 0.1) is 15.6 Å². The van der Waals surface area contributed by atoms with Gasteiger partial charge < -0.3 is 10.1 Å². The first-order valence-corrected chi connectivity index (χ1v) is 12.6. The third kappa shape index (κ3) is 6.66. The highest BCUT2D eigenvalue weighted by atomic mass is 35.5. The zero-order valence-corrected chi connectivity index (χ0v) is 21.7. The molecule has 0 spiro atoms. The zero-order valence-electron chi connectivity index (χ0n) is 20.2. The van der Waals surface area contributed by atoms with Gasteiger partial charge >= 0.3 is 5.97 Å². The molecule has 1 amide bonds. The number of halogens is 2. The Morgan fingerprint density at radius 2 is 1.62 bits per heavy atom. The molecule has 1 aliphatic heterocycles. The molecular formula is C29H26Cl2N2O4. The van der Waals surface area contributed by atoms with Gasteiger partial charge in [0, 0.05) is 19.5 Å². The first-order chi connectivity index (χ1) is 17.8. The topological polar surface area (TPSA) is 75.7 Å². The molecule has 190 valence electrons. The molecule has 0 saturated carbocycles. The van der Waals surface area contributed by atoms with Gasteiger partial charge in [0.2, 0.25) is 12.0 Å². The number of nitrogens with zero attached hydrogens (tertiary/aromatic N) is 1. The van der Waals surface area contributed by atoms with Crippen molar-refractivity contribution in [2.75, 3.05) is 6.54 Å². The number of Topliss-reactive ketones (excluding diaryl/α,β-unsaturated/α-hetero) is 1. The van der Waals surface area contributed by atoms with Gasteiger partial charge in [-0.2, -0.15) is 0 Å². The van der Waals surface area contributed by atoms with E-state index in [-0.39, 0.29) is 22.0 Å². The van der Waals surface area contributed by atoms with Crippen LogP contribution in [0.1, 0.15) is 27.0 Å². The first-order valence-electron chi connectivity index (χ1n) is 11.8. The summed E-state index contributed by atoms with van der Waals surface area (Å²) in [6.45, 7) is 2.47. The van der Waals surface area contributed by atoms with Gasteiger partial charge in [-0.3, -0.25) is 14.5 Å². The summed E-state index contributed by atoms with van der Waals surface area (Å²) >= 11 is 12.4. The minimum absolute atomic E-state index is 0.0115. The molecule has 0 bridgehead atoms. The Morgan fingerprint density at radius 3 is 2.27 bits per heavy atom. The number of aryl methyl sites for hydroxylation is 1. The van der Waals surface area contributed by atoms with Crippen molar-refractivity contribution in [2.45, 2.75) is 32.2 Å². The molecule has 3 aromatic rings. The molecule has 1 heterocycles. The lowest BCUT2D eigenvalue weighted by molar-refractivity contribution is -0.167. The molecule has 4 rings (SSSR count). The number of hydrogen-bond donors (Lipinski definition) is 1. The van der Waals surface area contributed by atoms with Crippen LogP contribution in [-0.2, 0) is 27.3 Å². The smallest absolute Gasteiger partial charge is 0.330 e. The van der Waals surface area contributed by atoms with Crippen LogP contribution in [0.5, 0.6) is 0 Å². The summed E-state index contributed by atoms with van der Waals surface area (Å²) in [4.78, 5) is 41.4. The minimum atomic E-state index is -1.22. The normalized spacial score (nSPS) is 16.6. The van der Waals surface area contributed by atoms with E-state index in [1.165, 1.54) is 0 Å². The highest BCUT2D eigenvalue weighted by Crippen LogP contribution is 2.23. The average Bonchev–Trinajstić information content (AvgIpc) is 2.89. The molecule has 1 aliphatic rings. The quantitative estimate of drug-likeness (QED) is 0.407. The number of amides is 1. The van der Waals surface area contributed by atoms with E-state index in [0.29, 0.717) is 18.7 Å². The number of esters is 1. The van der Waals surface area contributed by atoms with Crippen LogP contribution >= 0.6 is 23.2 Å². The zero-order chi connectivity index (χ0) is 26.4. The SMILES string of the molecule is Cc1cccc(Cl)c1C(=O)N[C@@H](Cc1ccccc1)C(=O)O[C@H]1C(=O)C(Cl)=CCN1Cc1ccccc1. The number of ketones is 1. The van der Waals surface area contributed by atoms with Crippen molar-refractivity contribution in [1.82, 2.24) is 10.2 Å². The van der Waals surface area contributed by atoms with Gasteiger partial charge in [-0.1, -0.05) is 96.0 Å². The summed E-state index contributed by atoms with van der Waals surface area (Å²) < 4.78 is 5.75. The van der Waals surface area contributed by atoms with Gasteiger partial charge in [0.15, 0.2) is 0 Å². The molecule has 0 aliphatic carbocycles. The lowest BCUT2D eigenvalue weighted by atomic mass is 10.0. The predicted molar refractivity (Wildman–Crippen MR) is 143 cm³/mol. The maximum atomic E-state index is 13.5. The van der Waals surface area contributed by atoms with E-state index in [0.717, 1.165) is 11.1 Å². The summed E-state index contributed by atoms with van der Waals surface area (Å²) in [5.41, 5.74) is 2.71. The van der Waals surface area contributed by atoms with Crippen LogP contribution in [0.3, 0.4) is 0 Å². The van der Waals surface area contributed by atoms with Gasteiger partial charge in [0.25, 0.3) is 5.91 Å². The second-order valence-electron chi connectivity index (χ2n) is 8.77. The fraction of sp³-hybridized carbons (Fsp3) is 0.207. The fourth-order valence-electron chi connectivity index (χ4n) is 4.16. The van der Waals surface area contributed by atoms with Crippen molar-refractivity contribution in [1.29, 1.82) is 0 Å². The van der Waals surface area contributed by atoms with Crippen LogP contribution in [0.4, 0.5) is 0 Å². The lowest BCUT2D eigenvalue weighted by Crippen LogP contribution is -2.51. The van der Waals surface area contributed by atoms with Crippen molar-refractivity contribution in [3.63, 3.8) is 0 Å². The largest absolute Gasteiger partial charge is 0.437 e. The summed E-state index contributed by atoms with van der Waals surface area (Å²) in [6.07, 6.45) is 0.543. The minimum Gasteiger partial charge on any atom is -0.437 e. The van der Waals surface area contributed by atoms with Crippen LogP contribution in [0, 0.1) is 6.92 Å². The summed E-state index contributed by atoms with van der Waals surface area (Å²) in [5.74, 6) is -1.76. The van der Waals surface area contributed by atoms with Gasteiger partial charge in [-0.25, -0.2) is 4.79 Å². The third-order valence-electron chi connectivity index (χ3n) is 6.07. The van der Waals surface area contributed by atoms with E-state index < -0.39 is 29.9 Å². The van der Waals surface area contributed by atoms with Gasteiger partial charge in [-0.15, -0.1) is 0 Å². The summed E-state index contributed by atoms with van der Waals surface area (Å²) in [5, 5.41) is 3.06. The van der Waals surface area contributed by atoms with Crippen molar-refractivity contribution in [3.05, 3.63) is 117 Å². The molecule has 0 unspecified atom stereocenters. The third-order valence-corrected chi connectivity index (χ3v) is 6.73. The number of hydrogen-bond acceptors (Lipinski definition) is 5. The summed E-state index contributed by atoms with van der Waals surface area (Å²) in [7, 11) is 0. The van der Waals surface area contributed by atoms with Gasteiger partial charge in [0.1, 0.15) is 6.04 Å². The maximum absolute atomic E-state index is 13.5. The Balaban J connectivity index is 1.58. The van der Waals surface area contributed by atoms with E-state index in [1.807, 2.05) is 60.7 Å². The van der Waals surface area contributed by atoms with Crippen molar-refractivity contribution in [3.8, 4) is 0 Å². The van der Waals surface area contributed by atoms with Gasteiger partial charge in [-0.05, 0) is 35.8 Å². The Hall–Kier alpha value is -3.45. The number of benzene rings is 3. The Kier molecular flexibility index (Phi) is 8.77. The monoisotopic (exact) mass is 536 g/mol. The van der Waals surface area contributed by atoms with Crippen LogP contribution in [0.15, 0.2) is 90.0 Å². The first kappa shape index (κ1) is 26.6. The van der Waals surface area contributed by atoms with Crippen molar-refractivity contribution < 1.29 is 19.1 Å². The Bertz CT molecular complexity index is 1290. The molecule has 3 aromatic carbocycles. The highest BCUT2D eigenvalue weighted by molar-refractivity contribution is 6.43. The predicted octanol–water partition coefficient (Wildman–Crippen LogP) is 5.07. The second kappa shape index (κ2) is 12.2. The van der Waals surface area contributed by atoms with Crippen LogP contribution in [-0.4, -0.2) is 41.4 Å². The molecule has 37 heavy (non-hydrogen) atoms. The van der Waals surface area contributed by atoms with E-state index in [2.05, 4.69) is 5.32 Å². The Morgan fingerprint density at radius 1 is 0.973 bits per heavy atom. The fourth-order valence-corrected chi connectivity index (χ4v) is 4.63. The molecule has 1 N–H and O–H groups in total. The molecular weight excluding hydrogens is 511 g/mol. The van der Waals surface area contributed by atoms with Crippen LogP contribution in [0.2, 0.25) is 5.02 Å². The van der Waals surface area contributed by atoms with Crippen LogP contribution < -0.4 is 5.32 Å². The standard InChI is InChI=1S/C29H26Cl2N2O4/c1-19-9-8-14-22(30)25(19)27(35)32-24(17-20-10-4-2-5-11-20)29(36)37-28-26(34)23(31)15-16-33(28)18-21-12-6-3-7-13-21/h2-15,24,28H,16-18H2,1H3,(H,32,35)/t24-,28-/m0/s1. The molecule has 0 fully saturated rings. The number of nitrogens with one attached hydrogen (secondary N) is 1. The lowest BCUT2D eigenvalue weighted by Gasteiger charge is -2.33. The second-order valence-corrected chi connectivity index (χ2v) is 9.58. The highest BCUT2D eigenvalue weighted by Gasteiger charge is 2.36. The number of ether oxygens (including phenoxy) is 1. The number of rotatable bonds is 8. The molecule has 8 heteroatoms. The van der Waals surface area contributed by atoms with Crippen molar-refractivity contribution >= 4 is 40.9 Å². The maximum Gasteiger partial charge on any atom is 0.330 e. The van der Waals surface area contributed by atoms with E-state index in [1.54, 1.807) is 36.1 Å².